The van der Waals surface area contributed by atoms with Gasteiger partial charge in [0.05, 0.1) is 4.47 Å². The lowest BCUT2D eigenvalue weighted by molar-refractivity contribution is -0.132. The second-order valence-corrected chi connectivity index (χ2v) is 5.29. The number of halogens is 6. The molecule has 0 radical (unpaired) electrons. The molecule has 1 rings (SSSR count). The van der Waals surface area contributed by atoms with Gasteiger partial charge in [-0.3, -0.25) is 0 Å². The zero-order valence-corrected chi connectivity index (χ0v) is 11.6. The first-order chi connectivity index (χ1) is 7.30. The SMILES string of the molecule is FC(F)(F)C(Br)COc1ccc(Cl)cc1Br. The van der Waals surface area contributed by atoms with Crippen LogP contribution < -0.4 is 4.74 Å². The van der Waals surface area contributed by atoms with Gasteiger partial charge >= 0.3 is 6.18 Å². The van der Waals surface area contributed by atoms with Crippen molar-refractivity contribution in [2.75, 3.05) is 6.61 Å². The number of ether oxygens (including phenoxy) is 1. The van der Waals surface area contributed by atoms with Gasteiger partial charge in [0, 0.05) is 5.02 Å². The fourth-order valence-corrected chi connectivity index (χ4v) is 1.78. The first-order valence-electron chi connectivity index (χ1n) is 4.09. The summed E-state index contributed by atoms with van der Waals surface area (Å²) in [5.74, 6) is 0.318. The van der Waals surface area contributed by atoms with Gasteiger partial charge in [-0.2, -0.15) is 13.2 Å². The summed E-state index contributed by atoms with van der Waals surface area (Å²) in [6.07, 6.45) is -4.32. The van der Waals surface area contributed by atoms with Gasteiger partial charge in [0.1, 0.15) is 17.2 Å². The Morgan fingerprint density at radius 2 is 2.00 bits per heavy atom. The van der Waals surface area contributed by atoms with E-state index >= 15 is 0 Å². The van der Waals surface area contributed by atoms with Crippen LogP contribution in [0.3, 0.4) is 0 Å². The minimum Gasteiger partial charge on any atom is -0.491 e. The van der Waals surface area contributed by atoms with Crippen LogP contribution in [0.5, 0.6) is 5.75 Å². The average Bonchev–Trinajstić information content (AvgIpc) is 2.14. The highest BCUT2D eigenvalue weighted by molar-refractivity contribution is 9.10. The maximum atomic E-state index is 12.2. The average molecular weight is 382 g/mol. The third-order valence-electron chi connectivity index (χ3n) is 1.63. The van der Waals surface area contributed by atoms with Gasteiger partial charge in [0.15, 0.2) is 0 Å². The molecule has 0 aliphatic heterocycles. The van der Waals surface area contributed by atoms with Crippen molar-refractivity contribution in [3.63, 3.8) is 0 Å². The van der Waals surface area contributed by atoms with Crippen molar-refractivity contribution in [2.45, 2.75) is 11.0 Å². The maximum Gasteiger partial charge on any atom is 0.404 e. The monoisotopic (exact) mass is 380 g/mol. The van der Waals surface area contributed by atoms with E-state index in [1.54, 1.807) is 12.1 Å². The summed E-state index contributed by atoms with van der Waals surface area (Å²) in [4.78, 5) is -1.69. The highest BCUT2D eigenvalue weighted by Crippen LogP contribution is 2.31. The second-order valence-electron chi connectivity index (χ2n) is 2.89. The molecular formula is C9H6Br2ClF3O. The Labute approximate surface area is 112 Å². The van der Waals surface area contributed by atoms with Crippen molar-refractivity contribution >= 4 is 43.5 Å². The molecule has 1 atom stereocenters. The van der Waals surface area contributed by atoms with E-state index in [1.165, 1.54) is 6.07 Å². The molecule has 0 heterocycles. The van der Waals surface area contributed by atoms with Crippen LogP contribution in [-0.4, -0.2) is 17.6 Å². The zero-order chi connectivity index (χ0) is 12.3. The van der Waals surface area contributed by atoms with Crippen LogP contribution in [0.15, 0.2) is 22.7 Å². The summed E-state index contributed by atoms with van der Waals surface area (Å²) >= 11 is 11.3. The fraction of sp³-hybridized carbons (Fsp3) is 0.333. The molecule has 1 unspecified atom stereocenters. The highest BCUT2D eigenvalue weighted by atomic mass is 79.9. The molecule has 0 aliphatic carbocycles. The molecule has 1 aromatic rings. The van der Waals surface area contributed by atoms with Crippen LogP contribution in [0.1, 0.15) is 0 Å². The van der Waals surface area contributed by atoms with E-state index in [1.807, 2.05) is 0 Å². The van der Waals surface area contributed by atoms with Crippen LogP contribution in [0.2, 0.25) is 5.02 Å². The summed E-state index contributed by atoms with van der Waals surface area (Å²) in [6.45, 7) is -0.496. The van der Waals surface area contributed by atoms with Gasteiger partial charge < -0.3 is 4.74 Å². The predicted molar refractivity (Wildman–Crippen MR) is 63.4 cm³/mol. The molecule has 0 aromatic heterocycles. The largest absolute Gasteiger partial charge is 0.491 e. The first kappa shape index (κ1) is 14.1. The van der Waals surface area contributed by atoms with Crippen molar-refractivity contribution in [2.24, 2.45) is 0 Å². The van der Waals surface area contributed by atoms with Crippen LogP contribution in [-0.2, 0) is 0 Å². The van der Waals surface area contributed by atoms with Gasteiger partial charge in [-0.15, -0.1) is 0 Å². The molecular weight excluding hydrogens is 376 g/mol. The molecule has 0 spiro atoms. The molecule has 0 N–H and O–H groups in total. The molecule has 90 valence electrons. The number of hydrogen-bond acceptors (Lipinski definition) is 1. The number of hydrogen-bond donors (Lipinski definition) is 0. The minimum atomic E-state index is -4.32. The summed E-state index contributed by atoms with van der Waals surface area (Å²) in [6, 6.07) is 4.59. The van der Waals surface area contributed by atoms with Gasteiger partial charge in [0.25, 0.3) is 0 Å². The summed E-state index contributed by atoms with van der Waals surface area (Å²) < 4.78 is 42.0. The predicted octanol–water partition coefficient (Wildman–Crippen LogP) is 4.81. The van der Waals surface area contributed by atoms with Gasteiger partial charge in [-0.25, -0.2) is 0 Å². The Morgan fingerprint density at radius 1 is 1.38 bits per heavy atom. The number of benzene rings is 1. The Balaban J connectivity index is 2.62. The second kappa shape index (κ2) is 5.60. The van der Waals surface area contributed by atoms with Crippen molar-refractivity contribution in [1.29, 1.82) is 0 Å². The Kier molecular flexibility index (Phi) is 4.94. The van der Waals surface area contributed by atoms with Gasteiger partial charge in [-0.05, 0) is 34.1 Å². The highest BCUT2D eigenvalue weighted by Gasteiger charge is 2.38. The summed E-state index contributed by atoms with van der Waals surface area (Å²) in [5.41, 5.74) is 0. The van der Waals surface area contributed by atoms with Gasteiger partial charge in [-0.1, -0.05) is 27.5 Å². The van der Waals surface area contributed by atoms with Crippen LogP contribution in [0.25, 0.3) is 0 Å². The minimum absolute atomic E-state index is 0.318. The molecule has 0 fully saturated rings. The Hall–Kier alpha value is 0.0600. The van der Waals surface area contributed by atoms with Crippen molar-refractivity contribution in [1.82, 2.24) is 0 Å². The quantitative estimate of drug-likeness (QED) is 0.682. The molecule has 1 aromatic carbocycles. The summed E-state index contributed by atoms with van der Waals surface area (Å²) in [7, 11) is 0. The lowest BCUT2D eigenvalue weighted by Crippen LogP contribution is -2.28. The van der Waals surface area contributed by atoms with E-state index in [0.29, 0.717) is 15.2 Å². The Morgan fingerprint density at radius 3 is 2.50 bits per heavy atom. The topological polar surface area (TPSA) is 9.23 Å². The van der Waals surface area contributed by atoms with E-state index in [9.17, 15) is 13.2 Å². The van der Waals surface area contributed by atoms with Crippen LogP contribution >= 0.6 is 43.5 Å². The van der Waals surface area contributed by atoms with E-state index in [0.717, 1.165) is 0 Å². The van der Waals surface area contributed by atoms with Crippen LogP contribution in [0, 0.1) is 0 Å². The van der Waals surface area contributed by atoms with E-state index < -0.39 is 17.6 Å². The smallest absolute Gasteiger partial charge is 0.404 e. The molecule has 1 nitrogen and oxygen atoms in total. The fourth-order valence-electron chi connectivity index (χ4n) is 0.850. The molecule has 0 aliphatic rings. The molecule has 0 bridgehead atoms. The first-order valence-corrected chi connectivity index (χ1v) is 6.18. The number of alkyl halides is 4. The molecule has 0 saturated carbocycles. The standard InChI is InChI=1S/C9H6Br2ClF3O/c10-6-3-5(12)1-2-7(6)16-4-8(11)9(13,14)15/h1-3,8H,4H2. The lowest BCUT2D eigenvalue weighted by atomic mass is 10.3. The maximum absolute atomic E-state index is 12.2. The van der Waals surface area contributed by atoms with E-state index in [4.69, 9.17) is 16.3 Å². The molecule has 7 heteroatoms. The normalized spacial score (nSPS) is 13.6. The zero-order valence-electron chi connectivity index (χ0n) is 7.69. The molecule has 16 heavy (non-hydrogen) atoms. The molecule has 0 amide bonds. The lowest BCUT2D eigenvalue weighted by Gasteiger charge is -2.15. The summed E-state index contributed by atoms with van der Waals surface area (Å²) in [5, 5.41) is 0.477. The van der Waals surface area contributed by atoms with Crippen molar-refractivity contribution in [3.05, 3.63) is 27.7 Å². The van der Waals surface area contributed by atoms with Crippen molar-refractivity contribution in [3.8, 4) is 5.75 Å². The van der Waals surface area contributed by atoms with Gasteiger partial charge in [0.2, 0.25) is 0 Å². The van der Waals surface area contributed by atoms with E-state index in [-0.39, 0.29) is 0 Å². The number of rotatable bonds is 3. The third kappa shape index (κ3) is 4.14. The van der Waals surface area contributed by atoms with Crippen LogP contribution in [0.4, 0.5) is 13.2 Å². The van der Waals surface area contributed by atoms with Crippen molar-refractivity contribution < 1.29 is 17.9 Å². The van der Waals surface area contributed by atoms with E-state index in [2.05, 4.69) is 31.9 Å². The Bertz CT molecular complexity index is 370. The third-order valence-corrected chi connectivity index (χ3v) is 3.27. The molecule has 0 saturated heterocycles.